The van der Waals surface area contributed by atoms with Crippen LogP contribution in [0.15, 0.2) is 63.8 Å². The van der Waals surface area contributed by atoms with Crippen molar-refractivity contribution < 1.29 is 17.6 Å². The maximum absolute atomic E-state index is 12.8. The summed E-state index contributed by atoms with van der Waals surface area (Å²) >= 11 is 0. The van der Waals surface area contributed by atoms with Gasteiger partial charge in [0.15, 0.2) is 0 Å². The lowest BCUT2D eigenvalue weighted by Gasteiger charge is -2.08. The van der Waals surface area contributed by atoms with E-state index in [1.807, 2.05) is 0 Å². The second kappa shape index (κ2) is 4.59. The number of fused-ring (bicyclic) bond motifs is 3. The third-order valence-electron chi connectivity index (χ3n) is 3.86. The highest BCUT2D eigenvalue weighted by Crippen LogP contribution is 2.32. The van der Waals surface area contributed by atoms with Crippen molar-refractivity contribution in [2.45, 2.75) is 6.18 Å². The van der Waals surface area contributed by atoms with Crippen molar-refractivity contribution in [2.75, 3.05) is 0 Å². The molecule has 4 aromatic rings. The minimum absolute atomic E-state index is 0.191. The van der Waals surface area contributed by atoms with Crippen LogP contribution < -0.4 is 5.43 Å². The van der Waals surface area contributed by atoms with Gasteiger partial charge >= 0.3 is 6.18 Å². The van der Waals surface area contributed by atoms with Gasteiger partial charge in [-0.2, -0.15) is 13.2 Å². The van der Waals surface area contributed by atoms with Gasteiger partial charge in [0.25, 0.3) is 0 Å². The normalized spacial score (nSPS) is 12.3. The molecule has 0 aliphatic carbocycles. The largest absolute Gasteiger partial charge is 0.456 e. The fourth-order valence-corrected chi connectivity index (χ4v) is 2.72. The van der Waals surface area contributed by atoms with Gasteiger partial charge in [0.2, 0.25) is 5.43 Å². The molecule has 3 aromatic carbocycles. The molecular weight excluding hydrogens is 305 g/mol. The van der Waals surface area contributed by atoms with Crippen LogP contribution in [0, 0.1) is 0 Å². The van der Waals surface area contributed by atoms with Crippen LogP contribution in [0.2, 0.25) is 0 Å². The average molecular weight is 314 g/mol. The molecular formula is C18H9F3O2. The zero-order valence-electron chi connectivity index (χ0n) is 11.6. The average Bonchev–Trinajstić information content (AvgIpc) is 2.52. The Morgan fingerprint density at radius 1 is 0.783 bits per heavy atom. The molecule has 0 saturated heterocycles. The second-order valence-electron chi connectivity index (χ2n) is 5.34. The first-order chi connectivity index (χ1) is 10.9. The second-order valence-corrected chi connectivity index (χ2v) is 5.34. The lowest BCUT2D eigenvalue weighted by atomic mass is 10.0. The van der Waals surface area contributed by atoms with E-state index >= 15 is 0 Å². The van der Waals surface area contributed by atoms with Crippen LogP contribution in [0.1, 0.15) is 5.56 Å². The van der Waals surface area contributed by atoms with E-state index in [0.717, 1.165) is 12.1 Å². The number of para-hydroxylation sites is 1. The molecule has 0 bridgehead atoms. The Morgan fingerprint density at radius 2 is 1.57 bits per heavy atom. The van der Waals surface area contributed by atoms with E-state index in [-0.39, 0.29) is 11.0 Å². The summed E-state index contributed by atoms with van der Waals surface area (Å²) in [5.41, 5.74) is -0.229. The molecule has 0 aliphatic rings. The molecule has 0 N–H and O–H groups in total. The monoisotopic (exact) mass is 314 g/mol. The number of alkyl halides is 3. The van der Waals surface area contributed by atoms with E-state index in [1.165, 1.54) is 12.1 Å². The molecule has 1 aromatic heterocycles. The zero-order valence-corrected chi connectivity index (χ0v) is 11.6. The molecule has 0 saturated carbocycles. The lowest BCUT2D eigenvalue weighted by Crippen LogP contribution is -2.05. The van der Waals surface area contributed by atoms with Crippen LogP contribution in [0.4, 0.5) is 13.2 Å². The molecule has 23 heavy (non-hydrogen) atoms. The van der Waals surface area contributed by atoms with Gasteiger partial charge in [0, 0.05) is 0 Å². The summed E-state index contributed by atoms with van der Waals surface area (Å²) in [4.78, 5) is 12.5. The molecule has 114 valence electrons. The quantitative estimate of drug-likeness (QED) is 0.422. The van der Waals surface area contributed by atoms with E-state index < -0.39 is 11.7 Å². The van der Waals surface area contributed by atoms with Gasteiger partial charge in [0.05, 0.1) is 16.3 Å². The fraction of sp³-hybridized carbons (Fsp3) is 0.0556. The number of rotatable bonds is 0. The van der Waals surface area contributed by atoms with Crippen molar-refractivity contribution in [3.63, 3.8) is 0 Å². The number of benzene rings is 3. The van der Waals surface area contributed by atoms with Gasteiger partial charge in [-0.25, -0.2) is 0 Å². The summed E-state index contributed by atoms with van der Waals surface area (Å²) in [5.74, 6) is 0. The SMILES string of the molecule is O=c1c2ccccc2oc2cc3cc(C(F)(F)F)ccc3cc12. The standard InChI is InChI=1S/C18H9F3O2/c19-18(20,21)12-6-5-10-8-14-16(9-11(10)7-12)23-15-4-2-1-3-13(15)17(14)22/h1-9H. The Balaban J connectivity index is 2.11. The van der Waals surface area contributed by atoms with Crippen LogP contribution in [-0.4, -0.2) is 0 Å². The van der Waals surface area contributed by atoms with Crippen molar-refractivity contribution in [3.05, 3.63) is 70.4 Å². The van der Waals surface area contributed by atoms with Crippen molar-refractivity contribution in [3.8, 4) is 0 Å². The number of halogens is 3. The van der Waals surface area contributed by atoms with Gasteiger partial charge in [0.1, 0.15) is 11.2 Å². The van der Waals surface area contributed by atoms with Crippen LogP contribution >= 0.6 is 0 Å². The molecule has 1 heterocycles. The first kappa shape index (κ1) is 13.8. The minimum Gasteiger partial charge on any atom is -0.456 e. The highest BCUT2D eigenvalue weighted by Gasteiger charge is 2.30. The van der Waals surface area contributed by atoms with Crippen molar-refractivity contribution in [1.82, 2.24) is 0 Å². The van der Waals surface area contributed by atoms with Gasteiger partial charge in [-0.15, -0.1) is 0 Å². The Labute approximate surface area is 127 Å². The fourth-order valence-electron chi connectivity index (χ4n) is 2.72. The third-order valence-corrected chi connectivity index (χ3v) is 3.86. The summed E-state index contributed by atoms with van der Waals surface area (Å²) in [5, 5.41) is 1.75. The van der Waals surface area contributed by atoms with Crippen LogP contribution in [0.25, 0.3) is 32.7 Å². The molecule has 0 fully saturated rings. The van der Waals surface area contributed by atoms with Crippen molar-refractivity contribution in [1.29, 1.82) is 0 Å². The molecule has 0 radical (unpaired) electrons. The van der Waals surface area contributed by atoms with Gasteiger partial charge in [-0.1, -0.05) is 18.2 Å². The van der Waals surface area contributed by atoms with E-state index in [9.17, 15) is 18.0 Å². The molecule has 0 amide bonds. The van der Waals surface area contributed by atoms with Crippen LogP contribution in [0.5, 0.6) is 0 Å². The third kappa shape index (κ3) is 2.16. The van der Waals surface area contributed by atoms with Crippen LogP contribution in [0.3, 0.4) is 0 Å². The zero-order chi connectivity index (χ0) is 16.2. The van der Waals surface area contributed by atoms with Crippen LogP contribution in [-0.2, 0) is 6.18 Å². The predicted molar refractivity (Wildman–Crippen MR) is 82.5 cm³/mol. The summed E-state index contributed by atoms with van der Waals surface area (Å²) in [6, 6.07) is 13.3. The topological polar surface area (TPSA) is 30.2 Å². The molecule has 2 nitrogen and oxygen atoms in total. The summed E-state index contributed by atoms with van der Waals surface area (Å²) in [6.07, 6.45) is -4.41. The van der Waals surface area contributed by atoms with Crippen molar-refractivity contribution >= 4 is 32.7 Å². The molecule has 0 atom stereocenters. The van der Waals surface area contributed by atoms with E-state index in [1.54, 1.807) is 30.3 Å². The summed E-state index contributed by atoms with van der Waals surface area (Å²) in [7, 11) is 0. The highest BCUT2D eigenvalue weighted by atomic mass is 19.4. The Morgan fingerprint density at radius 3 is 2.35 bits per heavy atom. The van der Waals surface area contributed by atoms with E-state index in [0.29, 0.717) is 27.1 Å². The highest BCUT2D eigenvalue weighted by molar-refractivity contribution is 5.99. The Kier molecular flexibility index (Phi) is 2.75. The molecule has 4 rings (SSSR count). The van der Waals surface area contributed by atoms with Gasteiger partial charge < -0.3 is 4.42 Å². The summed E-state index contributed by atoms with van der Waals surface area (Å²) in [6.45, 7) is 0. The Hall–Kier alpha value is -2.82. The first-order valence-corrected chi connectivity index (χ1v) is 6.90. The minimum atomic E-state index is -4.41. The maximum atomic E-state index is 12.8. The lowest BCUT2D eigenvalue weighted by molar-refractivity contribution is -0.137. The van der Waals surface area contributed by atoms with E-state index in [2.05, 4.69) is 0 Å². The number of hydrogen-bond donors (Lipinski definition) is 0. The van der Waals surface area contributed by atoms with Gasteiger partial charge in [-0.05, 0) is 47.2 Å². The molecule has 0 unspecified atom stereocenters. The Bertz CT molecular complexity index is 1120. The molecule has 5 heteroatoms. The maximum Gasteiger partial charge on any atom is 0.416 e. The smallest absolute Gasteiger partial charge is 0.416 e. The first-order valence-electron chi connectivity index (χ1n) is 6.90. The predicted octanol–water partition coefficient (Wildman–Crippen LogP) is 5.12. The molecule has 0 spiro atoms. The van der Waals surface area contributed by atoms with Crippen molar-refractivity contribution in [2.24, 2.45) is 0 Å². The molecule has 0 aliphatic heterocycles. The van der Waals surface area contributed by atoms with E-state index in [4.69, 9.17) is 4.42 Å². The summed E-state index contributed by atoms with van der Waals surface area (Å²) < 4.78 is 44.2. The van der Waals surface area contributed by atoms with Gasteiger partial charge in [-0.3, -0.25) is 4.79 Å². The number of hydrogen-bond acceptors (Lipinski definition) is 2.